The Balaban J connectivity index is 2.05. The summed E-state index contributed by atoms with van der Waals surface area (Å²) in [5, 5.41) is 4.35. The molecule has 1 aliphatic rings. The third-order valence-electron chi connectivity index (χ3n) is 2.90. The van der Waals surface area contributed by atoms with Gasteiger partial charge in [0.2, 0.25) is 6.79 Å². The van der Waals surface area contributed by atoms with Crippen molar-refractivity contribution in [2.24, 2.45) is 0 Å². The van der Waals surface area contributed by atoms with E-state index in [2.05, 4.69) is 34.9 Å². The molecule has 0 spiro atoms. The van der Waals surface area contributed by atoms with Gasteiger partial charge < -0.3 is 9.47 Å². The van der Waals surface area contributed by atoms with E-state index >= 15 is 0 Å². The van der Waals surface area contributed by atoms with Crippen LogP contribution in [-0.4, -0.2) is 16.6 Å². The molecule has 0 saturated heterocycles. The van der Waals surface area contributed by atoms with Crippen molar-refractivity contribution in [2.45, 2.75) is 19.9 Å². The van der Waals surface area contributed by atoms with Crippen LogP contribution in [-0.2, 0) is 0 Å². The van der Waals surface area contributed by atoms with E-state index in [0.29, 0.717) is 6.04 Å². The number of benzene rings is 1. The molecule has 1 aromatic carbocycles. The van der Waals surface area contributed by atoms with Crippen molar-refractivity contribution in [3.05, 3.63) is 29.0 Å². The third-order valence-corrected chi connectivity index (χ3v) is 3.56. The molecule has 0 N–H and O–H groups in total. The average Bonchev–Trinajstić information content (AvgIpc) is 2.94. The summed E-state index contributed by atoms with van der Waals surface area (Å²) in [7, 11) is 0. The molecule has 1 aliphatic heterocycles. The summed E-state index contributed by atoms with van der Waals surface area (Å²) in [5.74, 6) is 1.56. The van der Waals surface area contributed by atoms with E-state index in [1.54, 1.807) is 0 Å². The van der Waals surface area contributed by atoms with Crippen LogP contribution in [0.2, 0.25) is 0 Å². The van der Waals surface area contributed by atoms with Crippen molar-refractivity contribution in [3.8, 4) is 22.6 Å². The van der Waals surface area contributed by atoms with Gasteiger partial charge >= 0.3 is 0 Å². The lowest BCUT2D eigenvalue weighted by molar-refractivity contribution is 0.174. The predicted molar refractivity (Wildman–Crippen MR) is 71.9 cm³/mol. The lowest BCUT2D eigenvalue weighted by atomic mass is 10.1. The Bertz CT molecular complexity index is 593. The summed E-state index contributed by atoms with van der Waals surface area (Å²) in [6.45, 7) is 4.49. The van der Waals surface area contributed by atoms with Crippen molar-refractivity contribution >= 4 is 15.9 Å². The number of hydrogen-bond donors (Lipinski definition) is 0. The Morgan fingerprint density at radius 2 is 2.00 bits per heavy atom. The number of fused-ring (bicyclic) bond motifs is 1. The van der Waals surface area contributed by atoms with Crippen LogP contribution < -0.4 is 9.47 Å². The SMILES string of the molecule is CC(C)n1cc(-c2cc3c(cc2Br)OCO3)cn1. The smallest absolute Gasteiger partial charge is 0.231 e. The first-order valence-corrected chi connectivity index (χ1v) is 6.58. The minimum absolute atomic E-state index is 0.288. The van der Waals surface area contributed by atoms with E-state index in [1.807, 2.05) is 29.2 Å². The van der Waals surface area contributed by atoms with Crippen LogP contribution in [0, 0.1) is 0 Å². The fraction of sp³-hybridized carbons (Fsp3) is 0.308. The molecule has 0 bridgehead atoms. The van der Waals surface area contributed by atoms with Gasteiger partial charge in [-0.05, 0) is 26.0 Å². The molecular formula is C13H13BrN2O2. The fourth-order valence-corrected chi connectivity index (χ4v) is 2.45. The van der Waals surface area contributed by atoms with Crippen LogP contribution in [0.3, 0.4) is 0 Å². The van der Waals surface area contributed by atoms with Gasteiger partial charge in [-0.1, -0.05) is 15.9 Å². The maximum absolute atomic E-state index is 5.40. The molecule has 0 saturated carbocycles. The Morgan fingerprint density at radius 1 is 1.28 bits per heavy atom. The molecular weight excluding hydrogens is 296 g/mol. The number of aromatic nitrogens is 2. The highest BCUT2D eigenvalue weighted by Crippen LogP contribution is 2.40. The minimum Gasteiger partial charge on any atom is -0.454 e. The minimum atomic E-state index is 0.288. The van der Waals surface area contributed by atoms with Crippen LogP contribution in [0.25, 0.3) is 11.1 Å². The lowest BCUT2D eigenvalue weighted by Gasteiger charge is -2.05. The average molecular weight is 309 g/mol. The van der Waals surface area contributed by atoms with Gasteiger partial charge in [0.1, 0.15) is 0 Å². The topological polar surface area (TPSA) is 36.3 Å². The number of hydrogen-bond acceptors (Lipinski definition) is 3. The Labute approximate surface area is 114 Å². The van der Waals surface area contributed by atoms with E-state index in [0.717, 1.165) is 27.1 Å². The molecule has 3 rings (SSSR count). The van der Waals surface area contributed by atoms with Crippen molar-refractivity contribution < 1.29 is 9.47 Å². The van der Waals surface area contributed by atoms with Gasteiger partial charge in [0.15, 0.2) is 11.5 Å². The first-order valence-electron chi connectivity index (χ1n) is 5.79. The summed E-state index contributed by atoms with van der Waals surface area (Å²) < 4.78 is 13.7. The van der Waals surface area contributed by atoms with E-state index in [9.17, 15) is 0 Å². The third kappa shape index (κ3) is 1.88. The molecule has 5 heteroatoms. The van der Waals surface area contributed by atoms with Crippen molar-refractivity contribution in [1.29, 1.82) is 0 Å². The number of halogens is 1. The van der Waals surface area contributed by atoms with E-state index in [4.69, 9.17) is 9.47 Å². The molecule has 4 nitrogen and oxygen atoms in total. The van der Waals surface area contributed by atoms with Crippen LogP contribution in [0.1, 0.15) is 19.9 Å². The van der Waals surface area contributed by atoms with Gasteiger partial charge in [-0.25, -0.2) is 0 Å². The van der Waals surface area contributed by atoms with Gasteiger partial charge in [-0.2, -0.15) is 5.10 Å². The van der Waals surface area contributed by atoms with E-state index < -0.39 is 0 Å². The first kappa shape index (κ1) is 11.6. The quantitative estimate of drug-likeness (QED) is 0.850. The molecule has 94 valence electrons. The van der Waals surface area contributed by atoms with E-state index in [1.165, 1.54) is 0 Å². The maximum atomic E-state index is 5.40. The van der Waals surface area contributed by atoms with Gasteiger partial charge in [-0.3, -0.25) is 4.68 Å². The van der Waals surface area contributed by atoms with Crippen molar-refractivity contribution in [1.82, 2.24) is 9.78 Å². The molecule has 2 heterocycles. The first-order chi connectivity index (χ1) is 8.65. The number of nitrogens with zero attached hydrogens (tertiary/aromatic N) is 2. The maximum Gasteiger partial charge on any atom is 0.231 e. The summed E-state index contributed by atoms with van der Waals surface area (Å²) >= 11 is 3.56. The Hall–Kier alpha value is -1.49. The highest BCUT2D eigenvalue weighted by atomic mass is 79.9. The van der Waals surface area contributed by atoms with Crippen molar-refractivity contribution in [2.75, 3.05) is 6.79 Å². The molecule has 0 atom stereocenters. The molecule has 18 heavy (non-hydrogen) atoms. The molecule has 1 aromatic heterocycles. The molecule has 0 fully saturated rings. The number of rotatable bonds is 2. The summed E-state index contributed by atoms with van der Waals surface area (Å²) in [5.41, 5.74) is 2.13. The molecule has 0 radical (unpaired) electrons. The normalized spacial score (nSPS) is 13.3. The zero-order valence-electron chi connectivity index (χ0n) is 10.2. The van der Waals surface area contributed by atoms with Gasteiger partial charge in [0, 0.05) is 27.8 Å². The highest BCUT2D eigenvalue weighted by Gasteiger charge is 2.18. The summed E-state index contributed by atoms with van der Waals surface area (Å²) in [6, 6.07) is 4.27. The second kappa shape index (κ2) is 4.31. The second-order valence-electron chi connectivity index (χ2n) is 4.49. The monoisotopic (exact) mass is 308 g/mol. The van der Waals surface area contributed by atoms with Crippen LogP contribution in [0.4, 0.5) is 0 Å². The van der Waals surface area contributed by atoms with Crippen LogP contribution in [0.5, 0.6) is 11.5 Å². The Morgan fingerprint density at radius 3 is 2.67 bits per heavy atom. The molecule has 0 aliphatic carbocycles. The molecule has 0 unspecified atom stereocenters. The fourth-order valence-electron chi connectivity index (χ4n) is 1.90. The number of ether oxygens (including phenoxy) is 2. The van der Waals surface area contributed by atoms with Crippen LogP contribution >= 0.6 is 15.9 Å². The van der Waals surface area contributed by atoms with Gasteiger partial charge in [0.05, 0.1) is 6.20 Å². The summed E-state index contributed by atoms with van der Waals surface area (Å²) in [4.78, 5) is 0. The zero-order chi connectivity index (χ0) is 12.7. The standard InChI is InChI=1S/C13H13BrN2O2/c1-8(2)16-6-9(5-15-16)10-3-12-13(4-11(10)14)18-7-17-12/h3-6,8H,7H2,1-2H3. The predicted octanol–water partition coefficient (Wildman–Crippen LogP) is 3.62. The largest absolute Gasteiger partial charge is 0.454 e. The molecule has 2 aromatic rings. The van der Waals surface area contributed by atoms with Crippen molar-refractivity contribution in [3.63, 3.8) is 0 Å². The van der Waals surface area contributed by atoms with Gasteiger partial charge in [0.25, 0.3) is 0 Å². The highest BCUT2D eigenvalue weighted by molar-refractivity contribution is 9.10. The lowest BCUT2D eigenvalue weighted by Crippen LogP contribution is -1.99. The second-order valence-corrected chi connectivity index (χ2v) is 5.34. The van der Waals surface area contributed by atoms with Crippen LogP contribution in [0.15, 0.2) is 29.0 Å². The Kier molecular flexibility index (Phi) is 2.78. The zero-order valence-corrected chi connectivity index (χ0v) is 11.8. The summed E-state index contributed by atoms with van der Waals surface area (Å²) in [6.07, 6.45) is 3.90. The molecule has 0 amide bonds. The van der Waals surface area contributed by atoms with Gasteiger partial charge in [-0.15, -0.1) is 0 Å². The van der Waals surface area contributed by atoms with E-state index in [-0.39, 0.29) is 6.79 Å².